The summed E-state index contributed by atoms with van der Waals surface area (Å²) in [6, 6.07) is 16.8. The van der Waals surface area contributed by atoms with Crippen LogP contribution >= 0.6 is 11.6 Å². The predicted molar refractivity (Wildman–Crippen MR) is 76.9 cm³/mol. The molecule has 0 unspecified atom stereocenters. The molecule has 0 aromatic heterocycles. The molecule has 0 spiro atoms. The van der Waals surface area contributed by atoms with Gasteiger partial charge in [0.05, 0.1) is 0 Å². The molecule has 0 aliphatic heterocycles. The van der Waals surface area contributed by atoms with Gasteiger partial charge in [0.1, 0.15) is 0 Å². The fourth-order valence-electron chi connectivity index (χ4n) is 2.47. The van der Waals surface area contributed by atoms with Crippen molar-refractivity contribution in [2.24, 2.45) is 0 Å². The standard InChI is InChI=1S/C16H16ClN/c1-18-16(8-9-16)14-6-2-4-12(10-14)13-5-3-7-15(17)11-13/h2-7,10-11,18H,8-9H2,1H3. The average molecular weight is 258 g/mol. The molecule has 1 fully saturated rings. The van der Waals surface area contributed by atoms with Gasteiger partial charge in [-0.1, -0.05) is 41.9 Å². The Balaban J connectivity index is 2.01. The molecule has 1 aliphatic carbocycles. The SMILES string of the molecule is CNC1(c2cccc(-c3cccc(Cl)c3)c2)CC1. The Bertz CT molecular complexity index is 573. The molecule has 0 heterocycles. The Hall–Kier alpha value is -1.31. The normalized spacial score (nSPS) is 16.6. The minimum absolute atomic E-state index is 0.217. The largest absolute Gasteiger partial charge is 0.310 e. The van der Waals surface area contributed by atoms with E-state index in [9.17, 15) is 0 Å². The molecule has 0 radical (unpaired) electrons. The third kappa shape index (κ3) is 2.05. The summed E-state index contributed by atoms with van der Waals surface area (Å²) < 4.78 is 0. The van der Waals surface area contributed by atoms with E-state index in [4.69, 9.17) is 11.6 Å². The van der Waals surface area contributed by atoms with Crippen LogP contribution in [0.5, 0.6) is 0 Å². The molecule has 2 aromatic rings. The maximum atomic E-state index is 6.05. The molecule has 0 bridgehead atoms. The zero-order valence-electron chi connectivity index (χ0n) is 10.4. The van der Waals surface area contributed by atoms with Crippen molar-refractivity contribution >= 4 is 11.6 Å². The first-order valence-electron chi connectivity index (χ1n) is 6.29. The first kappa shape index (κ1) is 11.8. The number of nitrogens with one attached hydrogen (secondary N) is 1. The van der Waals surface area contributed by atoms with Crippen molar-refractivity contribution in [1.82, 2.24) is 5.32 Å². The second kappa shape index (κ2) is 4.42. The fourth-order valence-corrected chi connectivity index (χ4v) is 2.66. The highest BCUT2D eigenvalue weighted by molar-refractivity contribution is 6.30. The summed E-state index contributed by atoms with van der Waals surface area (Å²) in [7, 11) is 2.04. The molecular formula is C16H16ClN. The minimum atomic E-state index is 0.217. The van der Waals surface area contributed by atoms with Gasteiger partial charge in [0.15, 0.2) is 0 Å². The van der Waals surface area contributed by atoms with Crippen LogP contribution in [0, 0.1) is 0 Å². The molecule has 2 aromatic carbocycles. The lowest BCUT2D eigenvalue weighted by Gasteiger charge is -2.15. The number of hydrogen-bond donors (Lipinski definition) is 1. The van der Waals surface area contributed by atoms with Gasteiger partial charge in [-0.3, -0.25) is 0 Å². The van der Waals surface area contributed by atoms with Gasteiger partial charge in [-0.2, -0.15) is 0 Å². The van der Waals surface area contributed by atoms with E-state index in [1.807, 2.05) is 25.2 Å². The van der Waals surface area contributed by atoms with E-state index < -0.39 is 0 Å². The molecule has 3 rings (SSSR count). The monoisotopic (exact) mass is 257 g/mol. The number of rotatable bonds is 3. The average Bonchev–Trinajstić information content (AvgIpc) is 3.20. The van der Waals surface area contributed by atoms with Crippen molar-refractivity contribution in [2.45, 2.75) is 18.4 Å². The minimum Gasteiger partial charge on any atom is -0.310 e. The van der Waals surface area contributed by atoms with Crippen molar-refractivity contribution in [1.29, 1.82) is 0 Å². The highest BCUT2D eigenvalue weighted by Crippen LogP contribution is 2.45. The van der Waals surface area contributed by atoms with Crippen molar-refractivity contribution in [3.8, 4) is 11.1 Å². The highest BCUT2D eigenvalue weighted by Gasteiger charge is 2.42. The van der Waals surface area contributed by atoms with E-state index in [1.54, 1.807) is 0 Å². The molecule has 0 saturated heterocycles. The summed E-state index contributed by atoms with van der Waals surface area (Å²) in [4.78, 5) is 0. The number of benzene rings is 2. The topological polar surface area (TPSA) is 12.0 Å². The second-order valence-electron chi connectivity index (χ2n) is 4.92. The van der Waals surface area contributed by atoms with Gasteiger partial charge in [-0.05, 0) is 54.8 Å². The van der Waals surface area contributed by atoms with Crippen LogP contribution in [0.1, 0.15) is 18.4 Å². The molecule has 2 heteroatoms. The van der Waals surface area contributed by atoms with Crippen LogP contribution in [-0.2, 0) is 5.54 Å². The van der Waals surface area contributed by atoms with E-state index in [0.29, 0.717) is 0 Å². The Kier molecular flexibility index (Phi) is 2.89. The highest BCUT2D eigenvalue weighted by atomic mass is 35.5. The zero-order valence-corrected chi connectivity index (χ0v) is 11.2. The van der Waals surface area contributed by atoms with Gasteiger partial charge in [0, 0.05) is 10.6 Å². The van der Waals surface area contributed by atoms with Crippen LogP contribution in [0.15, 0.2) is 48.5 Å². The molecule has 1 saturated carbocycles. The molecular weight excluding hydrogens is 242 g/mol. The summed E-state index contributed by atoms with van der Waals surface area (Å²) in [5.41, 5.74) is 4.00. The van der Waals surface area contributed by atoms with Crippen LogP contribution in [0.2, 0.25) is 5.02 Å². The van der Waals surface area contributed by atoms with Crippen LogP contribution in [-0.4, -0.2) is 7.05 Å². The number of halogens is 1. The van der Waals surface area contributed by atoms with Gasteiger partial charge in [0.2, 0.25) is 0 Å². The van der Waals surface area contributed by atoms with Gasteiger partial charge in [-0.15, -0.1) is 0 Å². The molecule has 92 valence electrons. The first-order valence-corrected chi connectivity index (χ1v) is 6.67. The van der Waals surface area contributed by atoms with Gasteiger partial charge >= 0.3 is 0 Å². The summed E-state index contributed by atoms with van der Waals surface area (Å²) >= 11 is 6.05. The van der Waals surface area contributed by atoms with Crippen LogP contribution < -0.4 is 5.32 Å². The molecule has 1 nitrogen and oxygen atoms in total. The quantitative estimate of drug-likeness (QED) is 0.868. The summed E-state index contributed by atoms with van der Waals surface area (Å²) in [6.45, 7) is 0. The second-order valence-corrected chi connectivity index (χ2v) is 5.36. The van der Waals surface area contributed by atoms with E-state index in [1.165, 1.54) is 29.5 Å². The Morgan fingerprint density at radius 2 is 1.67 bits per heavy atom. The fraction of sp³-hybridized carbons (Fsp3) is 0.250. The summed E-state index contributed by atoms with van der Waals surface area (Å²) in [6.07, 6.45) is 2.45. The van der Waals surface area contributed by atoms with Gasteiger partial charge in [0.25, 0.3) is 0 Å². The van der Waals surface area contributed by atoms with E-state index in [-0.39, 0.29) is 5.54 Å². The number of hydrogen-bond acceptors (Lipinski definition) is 1. The third-order valence-corrected chi connectivity index (χ3v) is 4.04. The van der Waals surface area contributed by atoms with Crippen molar-refractivity contribution in [3.05, 3.63) is 59.1 Å². The molecule has 0 atom stereocenters. The lowest BCUT2D eigenvalue weighted by Crippen LogP contribution is -2.24. The Morgan fingerprint density at radius 3 is 2.28 bits per heavy atom. The van der Waals surface area contributed by atoms with Crippen molar-refractivity contribution in [2.75, 3.05) is 7.05 Å². The maximum Gasteiger partial charge on any atom is 0.0434 e. The van der Waals surface area contributed by atoms with E-state index in [0.717, 1.165) is 5.02 Å². The Morgan fingerprint density at radius 1 is 1.00 bits per heavy atom. The molecule has 1 N–H and O–H groups in total. The van der Waals surface area contributed by atoms with Crippen LogP contribution in [0.3, 0.4) is 0 Å². The Labute approximate surface area is 113 Å². The molecule has 0 amide bonds. The molecule has 18 heavy (non-hydrogen) atoms. The van der Waals surface area contributed by atoms with Gasteiger partial charge in [-0.25, -0.2) is 0 Å². The lowest BCUT2D eigenvalue weighted by atomic mass is 9.98. The predicted octanol–water partition coefficient (Wildman–Crippen LogP) is 4.22. The van der Waals surface area contributed by atoms with Crippen molar-refractivity contribution in [3.63, 3.8) is 0 Å². The molecule has 1 aliphatic rings. The van der Waals surface area contributed by atoms with E-state index >= 15 is 0 Å². The summed E-state index contributed by atoms with van der Waals surface area (Å²) in [5, 5.41) is 4.22. The van der Waals surface area contributed by atoms with E-state index in [2.05, 4.69) is 35.6 Å². The lowest BCUT2D eigenvalue weighted by molar-refractivity contribution is 0.586. The zero-order chi connectivity index (χ0) is 12.6. The van der Waals surface area contributed by atoms with Gasteiger partial charge < -0.3 is 5.32 Å². The smallest absolute Gasteiger partial charge is 0.0434 e. The van der Waals surface area contributed by atoms with Crippen LogP contribution in [0.25, 0.3) is 11.1 Å². The third-order valence-electron chi connectivity index (χ3n) is 3.80. The van der Waals surface area contributed by atoms with Crippen LogP contribution in [0.4, 0.5) is 0 Å². The maximum absolute atomic E-state index is 6.05. The summed E-state index contributed by atoms with van der Waals surface area (Å²) in [5.74, 6) is 0. The first-order chi connectivity index (χ1) is 8.73. The van der Waals surface area contributed by atoms with Crippen molar-refractivity contribution < 1.29 is 0 Å².